The molecule has 0 N–H and O–H groups in total. The first-order valence-corrected chi connectivity index (χ1v) is 15.5. The second-order valence-corrected chi connectivity index (χ2v) is 12.8. The van der Waals surface area contributed by atoms with Crippen LogP contribution < -0.4 is 21.0 Å². The molecule has 5 rings (SSSR count). The van der Waals surface area contributed by atoms with Gasteiger partial charge in [-0.15, -0.1) is 0 Å². The first-order valence-electron chi connectivity index (χ1n) is 13.7. The van der Waals surface area contributed by atoms with Crippen molar-refractivity contribution in [3.05, 3.63) is 138 Å². The van der Waals surface area contributed by atoms with Gasteiger partial charge in [-0.25, -0.2) is 4.79 Å². The summed E-state index contributed by atoms with van der Waals surface area (Å²) >= 11 is 0. The van der Waals surface area contributed by atoms with E-state index in [1.54, 1.807) is 26.0 Å². The molecule has 0 saturated heterocycles. The van der Waals surface area contributed by atoms with E-state index < -0.39 is 37.0 Å². The maximum Gasteiger partial charge on any atom is 0.337 e. The van der Waals surface area contributed by atoms with Crippen molar-refractivity contribution in [2.24, 2.45) is 0 Å². The predicted molar refractivity (Wildman–Crippen MR) is 161 cm³/mol. The highest BCUT2D eigenvalue weighted by molar-refractivity contribution is 7.99. The number of ether oxygens (including phenoxy) is 2. The molecule has 8 heteroatoms. The van der Waals surface area contributed by atoms with Gasteiger partial charge in [-0.2, -0.15) is 0 Å². The molecule has 1 aliphatic rings. The Morgan fingerprint density at radius 1 is 0.667 bits per heavy atom. The number of carbonyl (C=O) groups is 3. The van der Waals surface area contributed by atoms with Crippen molar-refractivity contribution in [2.45, 2.75) is 19.9 Å². The molecule has 0 fully saturated rings. The van der Waals surface area contributed by atoms with Crippen molar-refractivity contribution in [3.63, 3.8) is 0 Å². The highest BCUT2D eigenvalue weighted by Crippen LogP contribution is 2.65. The minimum Gasteiger partial charge on any atom is -0.611 e. The molecular formula is C34H30NO6P. The van der Waals surface area contributed by atoms with Gasteiger partial charge in [-0.05, 0) is 62.1 Å². The number of rotatable bonds is 10. The molecule has 212 valence electrons. The van der Waals surface area contributed by atoms with Crippen LogP contribution in [0.2, 0.25) is 0 Å². The lowest BCUT2D eigenvalue weighted by molar-refractivity contribution is -0.358. The molecule has 7 nitrogen and oxygen atoms in total. The van der Waals surface area contributed by atoms with Crippen LogP contribution in [-0.4, -0.2) is 41.9 Å². The van der Waals surface area contributed by atoms with Crippen LogP contribution in [0.1, 0.15) is 34.6 Å². The van der Waals surface area contributed by atoms with E-state index in [4.69, 9.17) is 9.47 Å². The standard InChI is InChI=1S/C34H30NO6P/c1-3-40-33(38)29(35-31(36)27-22-14-15-23-28(27)32(35)37)30(34(39)41-4-2)42(24-16-8-5-9-17-24,25-18-10-6-11-19-25)26-20-12-7-13-21-26/h5-23,29H,3-4H2,1-2H3/b34-30-. The third kappa shape index (κ3) is 4.86. The molecule has 1 heterocycles. The number of hydrogen-bond acceptors (Lipinski definition) is 6. The zero-order valence-electron chi connectivity index (χ0n) is 23.3. The van der Waals surface area contributed by atoms with Gasteiger partial charge >= 0.3 is 5.97 Å². The van der Waals surface area contributed by atoms with Gasteiger partial charge < -0.3 is 14.6 Å². The number of fused-ring (bicyclic) bond motifs is 1. The first kappa shape index (κ1) is 28.8. The SMILES string of the molecule is CCOC(=O)C(/C(=C(\[O-])OCC)[P+](c1ccccc1)(c1ccccc1)c1ccccc1)N1C(=O)c2ccccc2C1=O. The second kappa shape index (κ2) is 12.4. The summed E-state index contributed by atoms with van der Waals surface area (Å²) in [6, 6.07) is 32.9. The van der Waals surface area contributed by atoms with Crippen LogP contribution in [0.25, 0.3) is 0 Å². The molecule has 0 aliphatic carbocycles. The smallest absolute Gasteiger partial charge is 0.337 e. The number of imide groups is 1. The van der Waals surface area contributed by atoms with Crippen LogP contribution in [0, 0.1) is 0 Å². The highest BCUT2D eigenvalue weighted by Gasteiger charge is 2.59. The normalized spacial score (nSPS) is 14.2. The quantitative estimate of drug-likeness (QED) is 0.123. The fourth-order valence-electron chi connectivity index (χ4n) is 5.46. The molecule has 1 unspecified atom stereocenters. The Hall–Kier alpha value is -4.74. The summed E-state index contributed by atoms with van der Waals surface area (Å²) in [5.74, 6) is -3.02. The van der Waals surface area contributed by atoms with Crippen molar-refractivity contribution in [1.82, 2.24) is 4.90 Å². The van der Waals surface area contributed by atoms with Crippen LogP contribution in [-0.2, 0) is 14.3 Å². The molecule has 0 aromatic heterocycles. The predicted octanol–water partition coefficient (Wildman–Crippen LogP) is 3.77. The zero-order valence-corrected chi connectivity index (χ0v) is 24.2. The maximum absolute atomic E-state index is 14.4. The fourth-order valence-corrected chi connectivity index (χ4v) is 9.97. The Balaban J connectivity index is 1.93. The first-order chi connectivity index (χ1) is 20.5. The lowest BCUT2D eigenvalue weighted by Gasteiger charge is -2.37. The fraction of sp³-hybridized carbons (Fsp3) is 0.147. The van der Waals surface area contributed by atoms with Crippen LogP contribution in [0.15, 0.2) is 127 Å². The second-order valence-electron chi connectivity index (χ2n) is 9.46. The molecule has 42 heavy (non-hydrogen) atoms. The van der Waals surface area contributed by atoms with Crippen molar-refractivity contribution >= 4 is 41.0 Å². The Bertz CT molecular complexity index is 1490. The maximum atomic E-state index is 14.4. The van der Waals surface area contributed by atoms with Gasteiger partial charge in [-0.3, -0.25) is 14.5 Å². The van der Waals surface area contributed by atoms with E-state index in [9.17, 15) is 19.5 Å². The average Bonchev–Trinajstić information content (AvgIpc) is 3.28. The van der Waals surface area contributed by atoms with E-state index in [2.05, 4.69) is 0 Å². The number of nitrogens with zero attached hydrogens (tertiary/aromatic N) is 1. The Morgan fingerprint density at radius 3 is 1.43 bits per heavy atom. The Labute approximate surface area is 245 Å². The summed E-state index contributed by atoms with van der Waals surface area (Å²) < 4.78 is 11.2. The van der Waals surface area contributed by atoms with E-state index in [1.807, 2.05) is 91.0 Å². The minimum absolute atomic E-state index is 0.0123. The largest absolute Gasteiger partial charge is 0.611 e. The molecule has 2 amide bonds. The summed E-state index contributed by atoms with van der Waals surface area (Å²) in [5, 5.41) is 16.6. The van der Waals surface area contributed by atoms with Crippen LogP contribution in [0.4, 0.5) is 0 Å². The highest BCUT2D eigenvalue weighted by atomic mass is 31.2. The Kier molecular flexibility index (Phi) is 8.51. The lowest BCUT2D eigenvalue weighted by atomic mass is 10.1. The van der Waals surface area contributed by atoms with Gasteiger partial charge in [0.05, 0.1) is 23.7 Å². The van der Waals surface area contributed by atoms with Gasteiger partial charge in [-0.1, -0.05) is 73.7 Å². The minimum atomic E-state index is -3.29. The summed E-state index contributed by atoms with van der Waals surface area (Å²) in [7, 11) is -3.29. The molecule has 1 atom stereocenters. The third-order valence-electron chi connectivity index (χ3n) is 7.13. The molecule has 4 aromatic rings. The molecule has 0 bridgehead atoms. The van der Waals surface area contributed by atoms with Crippen molar-refractivity contribution in [2.75, 3.05) is 13.2 Å². The summed E-state index contributed by atoms with van der Waals surface area (Å²) in [6.45, 7) is 3.29. The average molecular weight is 580 g/mol. The zero-order chi connectivity index (χ0) is 29.7. The summed E-state index contributed by atoms with van der Waals surface area (Å²) in [5.41, 5.74) is 0.311. The molecule has 0 radical (unpaired) electrons. The van der Waals surface area contributed by atoms with Gasteiger partial charge in [0, 0.05) is 0 Å². The molecule has 0 spiro atoms. The van der Waals surface area contributed by atoms with Crippen molar-refractivity contribution in [3.8, 4) is 0 Å². The van der Waals surface area contributed by atoms with Gasteiger partial charge in [0.25, 0.3) is 11.8 Å². The van der Waals surface area contributed by atoms with Gasteiger partial charge in [0.15, 0.2) is 6.04 Å². The topological polar surface area (TPSA) is 96.0 Å². The van der Waals surface area contributed by atoms with Gasteiger partial charge in [0.2, 0.25) is 0 Å². The van der Waals surface area contributed by atoms with E-state index in [0.717, 1.165) is 20.8 Å². The van der Waals surface area contributed by atoms with Crippen molar-refractivity contribution < 1.29 is 29.0 Å². The molecule has 1 aliphatic heterocycles. The number of carbonyl (C=O) groups excluding carboxylic acids is 3. The van der Waals surface area contributed by atoms with E-state index in [1.165, 1.54) is 12.1 Å². The van der Waals surface area contributed by atoms with Crippen molar-refractivity contribution in [1.29, 1.82) is 0 Å². The summed E-state index contributed by atoms with van der Waals surface area (Å²) in [6.07, 6.45) is 0. The molecule has 0 saturated carbocycles. The summed E-state index contributed by atoms with van der Waals surface area (Å²) in [4.78, 5) is 42.8. The third-order valence-corrected chi connectivity index (χ3v) is 11.5. The van der Waals surface area contributed by atoms with E-state index >= 15 is 0 Å². The van der Waals surface area contributed by atoms with Crippen LogP contribution in [0.3, 0.4) is 0 Å². The molecule has 4 aromatic carbocycles. The van der Waals surface area contributed by atoms with Crippen LogP contribution in [0.5, 0.6) is 0 Å². The number of amides is 2. The van der Waals surface area contributed by atoms with E-state index in [0.29, 0.717) is 0 Å². The Morgan fingerprint density at radius 2 is 1.05 bits per heavy atom. The van der Waals surface area contributed by atoms with Gasteiger partial charge in [0.1, 0.15) is 28.5 Å². The van der Waals surface area contributed by atoms with E-state index in [-0.39, 0.29) is 29.7 Å². The monoisotopic (exact) mass is 579 g/mol. The number of benzene rings is 4. The number of esters is 1. The number of hydrogen-bond donors (Lipinski definition) is 0. The van der Waals surface area contributed by atoms with Crippen LogP contribution >= 0.6 is 7.26 Å². The lowest BCUT2D eigenvalue weighted by Crippen LogP contribution is -2.51. The molecular weight excluding hydrogens is 549 g/mol.